The molecule has 1 rings (SSSR count). The predicted octanol–water partition coefficient (Wildman–Crippen LogP) is 1.87. The van der Waals surface area contributed by atoms with Gasteiger partial charge < -0.3 is 14.6 Å². The van der Waals surface area contributed by atoms with E-state index in [0.717, 1.165) is 18.8 Å². The van der Waals surface area contributed by atoms with Crippen molar-refractivity contribution in [2.45, 2.75) is 19.8 Å². The van der Waals surface area contributed by atoms with Gasteiger partial charge in [0.2, 0.25) is 0 Å². The van der Waals surface area contributed by atoms with Gasteiger partial charge in [0.1, 0.15) is 5.75 Å². The van der Waals surface area contributed by atoms with E-state index >= 15 is 0 Å². The number of ether oxygens (including phenoxy) is 1. The maximum atomic E-state index is 8.24. The van der Waals surface area contributed by atoms with Crippen molar-refractivity contribution in [3.63, 3.8) is 0 Å². The van der Waals surface area contributed by atoms with Crippen LogP contribution in [0.1, 0.15) is 19.8 Å². The summed E-state index contributed by atoms with van der Waals surface area (Å²) in [7, 11) is 0. The number of pyridine rings is 1. The molecule has 0 fully saturated rings. The quantitative estimate of drug-likeness (QED) is 0.511. The van der Waals surface area contributed by atoms with Gasteiger partial charge >= 0.3 is 0 Å². The zero-order valence-electron chi connectivity index (χ0n) is 8.85. The van der Waals surface area contributed by atoms with E-state index in [1.54, 1.807) is 12.4 Å². The summed E-state index contributed by atoms with van der Waals surface area (Å²) in [6.07, 6.45) is 5.76. The fourth-order valence-electron chi connectivity index (χ4n) is 0.769. The van der Waals surface area contributed by atoms with E-state index in [4.69, 9.17) is 14.6 Å². The first-order chi connectivity index (χ1) is 6.85. The standard InChI is InChI=1S/C9H13NO.CHO2.Zn/c1-2-3-8-11-9-4-6-10-7-5-9;2-1-3;/h4-7H,2-3,8H2,1H3;(H,2,3);/q;-1;. The van der Waals surface area contributed by atoms with Crippen LogP contribution in [0.2, 0.25) is 0 Å². The molecule has 4 nitrogen and oxygen atoms in total. The van der Waals surface area contributed by atoms with Gasteiger partial charge in [-0.1, -0.05) is 19.8 Å². The predicted molar refractivity (Wildman–Crippen MR) is 53.0 cm³/mol. The molecular formula is C10H14NO3Zn-. The van der Waals surface area contributed by atoms with Crippen LogP contribution in [0.5, 0.6) is 5.75 Å². The SMILES string of the molecule is CCCCOc1ccncc1.O=[C-]O.[Zn]. The number of nitrogens with zero attached hydrogens (tertiary/aromatic N) is 1. The first kappa shape index (κ1) is 16.5. The normalized spacial score (nSPS) is 7.80. The number of hydrogen-bond acceptors (Lipinski definition) is 3. The number of aliphatic hydroxyl groups excluding tert-OH is 1. The van der Waals surface area contributed by atoms with Crippen molar-refractivity contribution in [1.82, 2.24) is 4.98 Å². The Morgan fingerprint density at radius 2 is 2.00 bits per heavy atom. The number of rotatable bonds is 4. The number of aromatic nitrogens is 1. The molecular weight excluding hydrogens is 248 g/mol. The molecule has 0 spiro atoms. The van der Waals surface area contributed by atoms with E-state index in [2.05, 4.69) is 11.9 Å². The molecule has 0 amide bonds. The Morgan fingerprint density at radius 1 is 1.47 bits per heavy atom. The van der Waals surface area contributed by atoms with Gasteiger partial charge in [0.25, 0.3) is 0 Å². The number of unbranched alkanes of at least 4 members (excludes halogenated alkanes) is 1. The summed E-state index contributed by atoms with van der Waals surface area (Å²) in [5, 5.41) is 6.76. The van der Waals surface area contributed by atoms with Crippen LogP contribution in [0.3, 0.4) is 0 Å². The van der Waals surface area contributed by atoms with Crippen LogP contribution in [-0.4, -0.2) is 23.2 Å². The second-order valence-corrected chi connectivity index (χ2v) is 2.48. The third-order valence-corrected chi connectivity index (χ3v) is 1.42. The zero-order valence-corrected chi connectivity index (χ0v) is 11.8. The first-order valence-electron chi connectivity index (χ1n) is 4.39. The molecule has 1 N–H and O–H groups in total. The van der Waals surface area contributed by atoms with Crippen LogP contribution < -0.4 is 4.74 Å². The minimum absolute atomic E-state index is 0. The van der Waals surface area contributed by atoms with Crippen LogP contribution in [0.4, 0.5) is 0 Å². The fraction of sp³-hybridized carbons (Fsp3) is 0.400. The Morgan fingerprint density at radius 3 is 2.47 bits per heavy atom. The topological polar surface area (TPSA) is 59.4 Å². The van der Waals surface area contributed by atoms with Gasteiger partial charge in [0.15, 0.2) is 0 Å². The minimum Gasteiger partial charge on any atom is -0.665 e. The third-order valence-electron chi connectivity index (χ3n) is 1.42. The second kappa shape index (κ2) is 13.0. The Bertz CT molecular complexity index is 231. The number of hydrogen-bond donors (Lipinski definition) is 1. The van der Waals surface area contributed by atoms with Crippen LogP contribution in [0, 0.1) is 0 Å². The van der Waals surface area contributed by atoms with E-state index in [0.29, 0.717) is 6.47 Å². The Labute approximate surface area is 102 Å². The molecule has 0 aliphatic heterocycles. The van der Waals surface area contributed by atoms with Crippen LogP contribution >= 0.6 is 0 Å². The zero-order chi connectivity index (χ0) is 10.6. The van der Waals surface area contributed by atoms with Gasteiger partial charge in [-0.15, -0.1) is 0 Å². The van der Waals surface area contributed by atoms with Gasteiger partial charge in [-0.3, -0.25) is 4.98 Å². The van der Waals surface area contributed by atoms with E-state index in [1.165, 1.54) is 6.42 Å². The first-order valence-corrected chi connectivity index (χ1v) is 4.39. The summed E-state index contributed by atoms with van der Waals surface area (Å²) >= 11 is 0. The largest absolute Gasteiger partial charge is 0.665 e. The molecule has 0 aliphatic rings. The van der Waals surface area contributed by atoms with E-state index in [1.807, 2.05) is 12.1 Å². The van der Waals surface area contributed by atoms with Crippen molar-refractivity contribution < 1.29 is 34.1 Å². The van der Waals surface area contributed by atoms with Crippen molar-refractivity contribution in [2.24, 2.45) is 0 Å². The summed E-state index contributed by atoms with van der Waals surface area (Å²) in [6, 6.07) is 3.74. The summed E-state index contributed by atoms with van der Waals surface area (Å²) in [5.74, 6) is 0.911. The van der Waals surface area contributed by atoms with E-state index in [-0.39, 0.29) is 19.5 Å². The van der Waals surface area contributed by atoms with E-state index in [9.17, 15) is 0 Å². The third kappa shape index (κ3) is 11.0. The molecule has 5 heteroatoms. The summed E-state index contributed by atoms with van der Waals surface area (Å²) < 4.78 is 5.41. The molecule has 0 saturated heterocycles. The van der Waals surface area contributed by atoms with Gasteiger partial charge in [-0.25, -0.2) is 0 Å². The average Bonchev–Trinajstić information content (AvgIpc) is 2.21. The molecule has 0 aromatic carbocycles. The van der Waals surface area contributed by atoms with Crippen molar-refractivity contribution in [2.75, 3.05) is 6.61 Å². The second-order valence-electron chi connectivity index (χ2n) is 2.48. The van der Waals surface area contributed by atoms with Crippen molar-refractivity contribution >= 4 is 6.47 Å². The van der Waals surface area contributed by atoms with Gasteiger partial charge in [0.05, 0.1) is 6.61 Å². The van der Waals surface area contributed by atoms with Crippen LogP contribution in [0.15, 0.2) is 24.5 Å². The molecule has 0 unspecified atom stereocenters. The Hall–Kier alpha value is -0.957. The average molecular weight is 262 g/mol. The molecule has 0 aliphatic carbocycles. The molecule has 0 bridgehead atoms. The Balaban J connectivity index is 0. The molecule has 1 heterocycles. The molecule has 1 aromatic rings. The molecule has 0 saturated carbocycles. The fourth-order valence-corrected chi connectivity index (χ4v) is 0.769. The molecule has 0 atom stereocenters. The molecule has 15 heavy (non-hydrogen) atoms. The summed E-state index contributed by atoms with van der Waals surface area (Å²) in [6.45, 7) is 3.45. The van der Waals surface area contributed by atoms with Crippen molar-refractivity contribution in [1.29, 1.82) is 0 Å². The Kier molecular flexibility index (Phi) is 14.3. The van der Waals surface area contributed by atoms with Crippen molar-refractivity contribution in [3.05, 3.63) is 24.5 Å². The molecule has 80 valence electrons. The molecule has 0 radical (unpaired) electrons. The van der Waals surface area contributed by atoms with Crippen LogP contribution in [0.25, 0.3) is 0 Å². The minimum atomic E-state index is 0. The monoisotopic (exact) mass is 260 g/mol. The maximum absolute atomic E-state index is 8.24. The van der Waals surface area contributed by atoms with Crippen LogP contribution in [-0.2, 0) is 24.3 Å². The maximum Gasteiger partial charge on any atom is 0.122 e. The van der Waals surface area contributed by atoms with Crippen molar-refractivity contribution in [3.8, 4) is 5.75 Å². The summed E-state index contributed by atoms with van der Waals surface area (Å²) in [4.78, 5) is 12.1. The van der Waals surface area contributed by atoms with Gasteiger partial charge in [0, 0.05) is 31.9 Å². The smallest absolute Gasteiger partial charge is 0.122 e. The van der Waals surface area contributed by atoms with Gasteiger partial charge in [-0.2, -0.15) is 0 Å². The van der Waals surface area contributed by atoms with Gasteiger partial charge in [-0.05, 0) is 18.6 Å². The van der Waals surface area contributed by atoms with E-state index < -0.39 is 0 Å². The summed E-state index contributed by atoms with van der Waals surface area (Å²) in [5.41, 5.74) is 0. The molecule has 1 aromatic heterocycles.